The molecule has 0 bridgehead atoms. The standard InChI is InChI=1S/C14H21N3O/c18-14-8-13(16-12-6-3-7-12)9-15-17(14)10-11-4-1-2-5-11/h8-9,11-12,16H,1-7,10H2. The zero-order valence-electron chi connectivity index (χ0n) is 10.8. The molecule has 0 aliphatic heterocycles. The Bertz CT molecular complexity index is 458. The molecule has 0 unspecified atom stereocenters. The minimum absolute atomic E-state index is 0.0335. The van der Waals surface area contributed by atoms with E-state index in [0.29, 0.717) is 12.0 Å². The zero-order chi connectivity index (χ0) is 12.4. The van der Waals surface area contributed by atoms with Gasteiger partial charge in [-0.15, -0.1) is 0 Å². The quantitative estimate of drug-likeness (QED) is 0.888. The topological polar surface area (TPSA) is 46.9 Å². The average molecular weight is 247 g/mol. The molecule has 0 radical (unpaired) electrons. The third-order valence-corrected chi connectivity index (χ3v) is 4.25. The molecule has 18 heavy (non-hydrogen) atoms. The van der Waals surface area contributed by atoms with E-state index in [0.717, 1.165) is 12.2 Å². The second-order valence-electron chi connectivity index (χ2n) is 5.69. The van der Waals surface area contributed by atoms with E-state index < -0.39 is 0 Å². The first-order valence-electron chi connectivity index (χ1n) is 7.15. The SMILES string of the molecule is O=c1cc(NC2CCC2)cnn1CC1CCCC1. The molecule has 0 aromatic carbocycles. The van der Waals surface area contributed by atoms with Gasteiger partial charge in [-0.1, -0.05) is 12.8 Å². The predicted octanol–water partition coefficient (Wildman–Crippen LogP) is 2.40. The van der Waals surface area contributed by atoms with Crippen molar-refractivity contribution in [3.8, 4) is 0 Å². The van der Waals surface area contributed by atoms with Crippen LogP contribution in [0.15, 0.2) is 17.1 Å². The van der Waals surface area contributed by atoms with Crippen molar-refractivity contribution in [2.75, 3.05) is 5.32 Å². The molecule has 0 amide bonds. The van der Waals surface area contributed by atoms with Gasteiger partial charge in [-0.2, -0.15) is 5.10 Å². The smallest absolute Gasteiger partial charge is 0.268 e. The van der Waals surface area contributed by atoms with Gasteiger partial charge in [0.05, 0.1) is 11.9 Å². The number of aromatic nitrogens is 2. The lowest BCUT2D eigenvalue weighted by Gasteiger charge is -2.27. The van der Waals surface area contributed by atoms with Gasteiger partial charge in [0.15, 0.2) is 0 Å². The van der Waals surface area contributed by atoms with E-state index in [9.17, 15) is 4.79 Å². The predicted molar refractivity (Wildman–Crippen MR) is 71.7 cm³/mol. The second-order valence-corrected chi connectivity index (χ2v) is 5.69. The first kappa shape index (κ1) is 11.8. The normalized spacial score (nSPS) is 20.9. The maximum absolute atomic E-state index is 12.0. The van der Waals surface area contributed by atoms with Crippen LogP contribution in [0.3, 0.4) is 0 Å². The number of nitrogens with one attached hydrogen (secondary N) is 1. The fraction of sp³-hybridized carbons (Fsp3) is 0.714. The van der Waals surface area contributed by atoms with Gasteiger partial charge < -0.3 is 5.32 Å². The maximum atomic E-state index is 12.0. The third-order valence-electron chi connectivity index (χ3n) is 4.25. The highest BCUT2D eigenvalue weighted by molar-refractivity contribution is 5.40. The third kappa shape index (κ3) is 2.57. The first-order valence-corrected chi connectivity index (χ1v) is 7.15. The fourth-order valence-electron chi connectivity index (χ4n) is 2.88. The molecule has 2 aliphatic rings. The summed E-state index contributed by atoms with van der Waals surface area (Å²) >= 11 is 0. The molecule has 2 saturated carbocycles. The number of hydrogen-bond donors (Lipinski definition) is 1. The summed E-state index contributed by atoms with van der Waals surface area (Å²) in [6, 6.07) is 2.25. The van der Waals surface area contributed by atoms with E-state index in [4.69, 9.17) is 0 Å². The molecular formula is C14H21N3O. The second kappa shape index (κ2) is 5.12. The molecule has 1 aromatic rings. The molecule has 4 heteroatoms. The number of hydrogen-bond acceptors (Lipinski definition) is 3. The van der Waals surface area contributed by atoms with Crippen molar-refractivity contribution in [2.45, 2.75) is 57.5 Å². The minimum Gasteiger partial charge on any atom is -0.381 e. The van der Waals surface area contributed by atoms with Crippen molar-refractivity contribution in [1.82, 2.24) is 9.78 Å². The summed E-state index contributed by atoms with van der Waals surface area (Å²) < 4.78 is 1.63. The molecule has 0 saturated heterocycles. The summed E-state index contributed by atoms with van der Waals surface area (Å²) in [4.78, 5) is 12.0. The summed E-state index contributed by atoms with van der Waals surface area (Å²) in [6.45, 7) is 0.794. The van der Waals surface area contributed by atoms with Crippen LogP contribution in [0.1, 0.15) is 44.9 Å². The number of anilines is 1. The van der Waals surface area contributed by atoms with E-state index in [1.165, 1.54) is 44.9 Å². The highest BCUT2D eigenvalue weighted by Crippen LogP contribution is 2.25. The van der Waals surface area contributed by atoms with Crippen LogP contribution in [-0.4, -0.2) is 15.8 Å². The molecule has 3 rings (SSSR count). The molecule has 4 nitrogen and oxygen atoms in total. The average Bonchev–Trinajstić information content (AvgIpc) is 2.80. The summed E-state index contributed by atoms with van der Waals surface area (Å²) in [6.07, 6.45) is 10.6. The Morgan fingerprint density at radius 3 is 2.61 bits per heavy atom. The van der Waals surface area contributed by atoms with E-state index >= 15 is 0 Å². The van der Waals surface area contributed by atoms with Gasteiger partial charge in [0, 0.05) is 18.7 Å². The summed E-state index contributed by atoms with van der Waals surface area (Å²) in [5, 5.41) is 7.66. The van der Waals surface area contributed by atoms with E-state index in [2.05, 4.69) is 10.4 Å². The van der Waals surface area contributed by atoms with Gasteiger partial charge in [-0.25, -0.2) is 4.68 Å². The van der Waals surface area contributed by atoms with Crippen molar-refractivity contribution < 1.29 is 0 Å². The molecule has 1 aromatic heterocycles. The summed E-state index contributed by atoms with van der Waals surface area (Å²) in [5.74, 6) is 0.653. The van der Waals surface area contributed by atoms with Crippen LogP contribution in [0.4, 0.5) is 5.69 Å². The van der Waals surface area contributed by atoms with Crippen molar-refractivity contribution in [3.63, 3.8) is 0 Å². The minimum atomic E-state index is 0.0335. The molecular weight excluding hydrogens is 226 g/mol. The van der Waals surface area contributed by atoms with E-state index in [-0.39, 0.29) is 5.56 Å². The van der Waals surface area contributed by atoms with Crippen LogP contribution in [0.25, 0.3) is 0 Å². The van der Waals surface area contributed by atoms with Crippen molar-refractivity contribution in [1.29, 1.82) is 0 Å². The molecule has 1 N–H and O–H groups in total. The number of nitrogens with zero attached hydrogens (tertiary/aromatic N) is 2. The van der Waals surface area contributed by atoms with Crippen LogP contribution >= 0.6 is 0 Å². The summed E-state index contributed by atoms with van der Waals surface area (Å²) in [7, 11) is 0. The Morgan fingerprint density at radius 1 is 1.22 bits per heavy atom. The summed E-state index contributed by atoms with van der Waals surface area (Å²) in [5.41, 5.74) is 0.915. The van der Waals surface area contributed by atoms with E-state index in [1.807, 2.05) is 0 Å². The van der Waals surface area contributed by atoms with Crippen molar-refractivity contribution in [2.24, 2.45) is 5.92 Å². The van der Waals surface area contributed by atoms with Crippen LogP contribution in [0, 0.1) is 5.92 Å². The zero-order valence-corrected chi connectivity index (χ0v) is 10.8. The highest BCUT2D eigenvalue weighted by Gasteiger charge is 2.18. The maximum Gasteiger partial charge on any atom is 0.268 e. The number of rotatable bonds is 4. The molecule has 2 fully saturated rings. The molecule has 2 aliphatic carbocycles. The molecule has 0 spiro atoms. The Morgan fingerprint density at radius 2 is 2.00 bits per heavy atom. The largest absolute Gasteiger partial charge is 0.381 e. The van der Waals surface area contributed by atoms with E-state index in [1.54, 1.807) is 16.9 Å². The van der Waals surface area contributed by atoms with Gasteiger partial charge in [-0.3, -0.25) is 4.79 Å². The van der Waals surface area contributed by atoms with Gasteiger partial charge in [0.2, 0.25) is 0 Å². The lowest BCUT2D eigenvalue weighted by atomic mass is 9.93. The van der Waals surface area contributed by atoms with Crippen LogP contribution in [0.2, 0.25) is 0 Å². The lowest BCUT2D eigenvalue weighted by Crippen LogP contribution is -2.30. The van der Waals surface area contributed by atoms with Crippen LogP contribution in [-0.2, 0) is 6.54 Å². The van der Waals surface area contributed by atoms with Crippen molar-refractivity contribution in [3.05, 3.63) is 22.6 Å². The Hall–Kier alpha value is -1.32. The van der Waals surface area contributed by atoms with Crippen LogP contribution < -0.4 is 10.9 Å². The molecule has 0 atom stereocenters. The van der Waals surface area contributed by atoms with Crippen LogP contribution in [0.5, 0.6) is 0 Å². The highest BCUT2D eigenvalue weighted by atomic mass is 16.1. The van der Waals surface area contributed by atoms with Crippen molar-refractivity contribution >= 4 is 5.69 Å². The lowest BCUT2D eigenvalue weighted by molar-refractivity contribution is 0.414. The fourth-order valence-corrected chi connectivity index (χ4v) is 2.88. The first-order chi connectivity index (χ1) is 8.81. The Labute approximate surface area is 107 Å². The van der Waals surface area contributed by atoms with Gasteiger partial charge >= 0.3 is 0 Å². The Kier molecular flexibility index (Phi) is 3.35. The van der Waals surface area contributed by atoms with Gasteiger partial charge in [0.25, 0.3) is 5.56 Å². The van der Waals surface area contributed by atoms with Gasteiger partial charge in [0.1, 0.15) is 0 Å². The van der Waals surface area contributed by atoms with Gasteiger partial charge in [-0.05, 0) is 38.0 Å². The molecule has 98 valence electrons. The Balaban J connectivity index is 1.65. The monoisotopic (exact) mass is 247 g/mol. The molecule has 1 heterocycles.